The van der Waals surface area contributed by atoms with Crippen LogP contribution in [0.1, 0.15) is 44.9 Å². The normalized spacial score (nSPS) is 27.0. The highest BCUT2D eigenvalue weighted by Gasteiger charge is 2.22. The van der Waals surface area contributed by atoms with Crippen LogP contribution in [0.5, 0.6) is 0 Å². The Hall–Kier alpha value is -0.120. The second kappa shape index (κ2) is 5.83. The molecule has 0 amide bonds. The predicted molar refractivity (Wildman–Crippen MR) is 59.5 cm³/mol. The summed E-state index contributed by atoms with van der Waals surface area (Å²) >= 11 is 0. The molecule has 1 unspecified atom stereocenters. The van der Waals surface area contributed by atoms with Crippen LogP contribution in [0.15, 0.2) is 0 Å². The Bertz CT molecular complexity index is 174. The van der Waals surface area contributed by atoms with E-state index in [-0.39, 0.29) is 12.3 Å². The number of rotatable bonds is 4. The molecule has 88 valence electrons. The average Bonchev–Trinajstić information content (AvgIpc) is 2.71. The van der Waals surface area contributed by atoms with Crippen LogP contribution in [0.4, 0.5) is 0 Å². The number of hydrogen-bond donors (Lipinski definition) is 1. The summed E-state index contributed by atoms with van der Waals surface area (Å²) in [4.78, 5) is 0. The fraction of sp³-hybridized carbons (Fsp3) is 1.00. The second-order valence-corrected chi connectivity index (χ2v) is 4.91. The van der Waals surface area contributed by atoms with Crippen LogP contribution in [-0.4, -0.2) is 25.5 Å². The summed E-state index contributed by atoms with van der Waals surface area (Å²) in [5.74, 6) is 0.857. The van der Waals surface area contributed by atoms with Crippen LogP contribution in [0.3, 0.4) is 0 Å². The summed E-state index contributed by atoms with van der Waals surface area (Å²) in [6.07, 6.45) is 8.96. The molecule has 0 aromatic rings. The van der Waals surface area contributed by atoms with Gasteiger partial charge in [-0.05, 0) is 12.3 Å². The van der Waals surface area contributed by atoms with E-state index in [1.165, 1.54) is 32.1 Å². The molecule has 1 aliphatic carbocycles. The van der Waals surface area contributed by atoms with Crippen LogP contribution >= 0.6 is 0 Å². The SMILES string of the molecule is NC(CC1CCCCC1)CC1OCCO1. The molecule has 0 radical (unpaired) electrons. The zero-order chi connectivity index (χ0) is 10.5. The minimum Gasteiger partial charge on any atom is -0.350 e. The highest BCUT2D eigenvalue weighted by molar-refractivity contribution is 4.73. The molecule has 0 aromatic heterocycles. The third-order valence-corrected chi connectivity index (χ3v) is 3.55. The fourth-order valence-electron chi connectivity index (χ4n) is 2.74. The van der Waals surface area contributed by atoms with Crippen molar-refractivity contribution in [3.63, 3.8) is 0 Å². The highest BCUT2D eigenvalue weighted by atomic mass is 16.7. The quantitative estimate of drug-likeness (QED) is 0.777. The molecule has 2 aliphatic rings. The van der Waals surface area contributed by atoms with Gasteiger partial charge in [0, 0.05) is 12.5 Å². The van der Waals surface area contributed by atoms with Crippen molar-refractivity contribution in [2.24, 2.45) is 11.7 Å². The minimum absolute atomic E-state index is 0.0245. The Labute approximate surface area is 92.3 Å². The van der Waals surface area contributed by atoms with Gasteiger partial charge in [-0.25, -0.2) is 0 Å². The molecule has 2 rings (SSSR count). The molecule has 3 nitrogen and oxygen atoms in total. The maximum absolute atomic E-state index is 6.12. The smallest absolute Gasteiger partial charge is 0.159 e. The van der Waals surface area contributed by atoms with E-state index >= 15 is 0 Å². The van der Waals surface area contributed by atoms with Crippen molar-refractivity contribution in [3.05, 3.63) is 0 Å². The molecule has 1 atom stereocenters. The first kappa shape index (κ1) is 11.4. The van der Waals surface area contributed by atoms with Crippen molar-refractivity contribution < 1.29 is 9.47 Å². The second-order valence-electron chi connectivity index (χ2n) is 4.91. The molecule has 1 heterocycles. The zero-order valence-electron chi connectivity index (χ0n) is 9.49. The number of hydrogen-bond acceptors (Lipinski definition) is 3. The molecular formula is C12H23NO2. The van der Waals surface area contributed by atoms with E-state index in [2.05, 4.69) is 0 Å². The molecule has 0 bridgehead atoms. The molecule has 2 fully saturated rings. The van der Waals surface area contributed by atoms with Gasteiger partial charge in [-0.1, -0.05) is 32.1 Å². The Morgan fingerprint density at radius 1 is 1.00 bits per heavy atom. The fourth-order valence-corrected chi connectivity index (χ4v) is 2.74. The summed E-state index contributed by atoms with van der Waals surface area (Å²) in [5.41, 5.74) is 6.12. The Balaban J connectivity index is 1.64. The molecule has 1 saturated carbocycles. The Morgan fingerprint density at radius 3 is 2.33 bits per heavy atom. The molecular weight excluding hydrogens is 190 g/mol. The summed E-state index contributed by atoms with van der Waals surface area (Å²) in [6, 6.07) is 0.260. The van der Waals surface area contributed by atoms with Gasteiger partial charge in [0.15, 0.2) is 6.29 Å². The summed E-state index contributed by atoms with van der Waals surface area (Å²) in [5, 5.41) is 0. The van der Waals surface area contributed by atoms with E-state index < -0.39 is 0 Å². The number of nitrogens with two attached hydrogens (primary N) is 1. The first-order valence-corrected chi connectivity index (χ1v) is 6.33. The first-order valence-electron chi connectivity index (χ1n) is 6.33. The van der Waals surface area contributed by atoms with Gasteiger partial charge in [0.2, 0.25) is 0 Å². The third kappa shape index (κ3) is 3.74. The van der Waals surface area contributed by atoms with Gasteiger partial charge in [-0.15, -0.1) is 0 Å². The van der Waals surface area contributed by atoms with Crippen molar-refractivity contribution >= 4 is 0 Å². The van der Waals surface area contributed by atoms with Crippen LogP contribution in [-0.2, 0) is 9.47 Å². The van der Waals surface area contributed by atoms with Crippen LogP contribution in [0.2, 0.25) is 0 Å². The first-order chi connectivity index (χ1) is 7.34. The maximum atomic E-state index is 6.12. The van der Waals surface area contributed by atoms with Gasteiger partial charge >= 0.3 is 0 Å². The molecule has 2 N–H and O–H groups in total. The van der Waals surface area contributed by atoms with Crippen molar-refractivity contribution in [2.75, 3.05) is 13.2 Å². The van der Waals surface area contributed by atoms with Gasteiger partial charge in [-0.3, -0.25) is 0 Å². The van der Waals surface area contributed by atoms with E-state index in [0.29, 0.717) is 0 Å². The number of ether oxygens (including phenoxy) is 2. The molecule has 0 aromatic carbocycles. The Kier molecular flexibility index (Phi) is 4.42. The largest absolute Gasteiger partial charge is 0.350 e. The van der Waals surface area contributed by atoms with Crippen molar-refractivity contribution in [3.8, 4) is 0 Å². The Morgan fingerprint density at radius 2 is 1.67 bits per heavy atom. The maximum Gasteiger partial charge on any atom is 0.159 e. The van der Waals surface area contributed by atoms with Crippen molar-refractivity contribution in [2.45, 2.75) is 57.3 Å². The predicted octanol–water partition coefficient (Wildman–Crippen LogP) is 2.05. The van der Waals surface area contributed by atoms with E-state index in [1.807, 2.05) is 0 Å². The standard InChI is InChI=1S/C12H23NO2/c13-11(9-12-14-6-7-15-12)8-10-4-2-1-3-5-10/h10-12H,1-9,13H2. The van der Waals surface area contributed by atoms with E-state index in [4.69, 9.17) is 15.2 Å². The third-order valence-electron chi connectivity index (χ3n) is 3.55. The van der Waals surface area contributed by atoms with E-state index in [9.17, 15) is 0 Å². The molecule has 1 aliphatic heterocycles. The zero-order valence-corrected chi connectivity index (χ0v) is 9.49. The van der Waals surface area contributed by atoms with Gasteiger partial charge in [0.1, 0.15) is 0 Å². The summed E-state index contributed by atoms with van der Waals surface area (Å²) in [6.45, 7) is 1.47. The van der Waals surface area contributed by atoms with Gasteiger partial charge in [0.05, 0.1) is 13.2 Å². The van der Waals surface area contributed by atoms with Crippen LogP contribution in [0, 0.1) is 5.92 Å². The van der Waals surface area contributed by atoms with E-state index in [0.717, 1.165) is 32.0 Å². The topological polar surface area (TPSA) is 44.5 Å². The van der Waals surface area contributed by atoms with Gasteiger partial charge < -0.3 is 15.2 Å². The van der Waals surface area contributed by atoms with Crippen LogP contribution < -0.4 is 5.73 Å². The molecule has 15 heavy (non-hydrogen) atoms. The lowest BCUT2D eigenvalue weighted by Crippen LogP contribution is -2.29. The van der Waals surface area contributed by atoms with E-state index in [1.54, 1.807) is 0 Å². The monoisotopic (exact) mass is 213 g/mol. The molecule has 1 saturated heterocycles. The molecule has 3 heteroatoms. The lowest BCUT2D eigenvalue weighted by molar-refractivity contribution is -0.0518. The lowest BCUT2D eigenvalue weighted by Gasteiger charge is -2.25. The summed E-state index contributed by atoms with van der Waals surface area (Å²) < 4.78 is 10.8. The minimum atomic E-state index is -0.0245. The highest BCUT2D eigenvalue weighted by Crippen LogP contribution is 2.28. The van der Waals surface area contributed by atoms with Crippen molar-refractivity contribution in [1.82, 2.24) is 0 Å². The van der Waals surface area contributed by atoms with Crippen LogP contribution in [0.25, 0.3) is 0 Å². The average molecular weight is 213 g/mol. The lowest BCUT2D eigenvalue weighted by atomic mass is 9.84. The van der Waals surface area contributed by atoms with Gasteiger partial charge in [0.25, 0.3) is 0 Å². The molecule has 0 spiro atoms. The summed E-state index contributed by atoms with van der Waals surface area (Å²) in [7, 11) is 0. The van der Waals surface area contributed by atoms with Gasteiger partial charge in [-0.2, -0.15) is 0 Å². The van der Waals surface area contributed by atoms with Crippen molar-refractivity contribution in [1.29, 1.82) is 0 Å².